The predicted molar refractivity (Wildman–Crippen MR) is 104 cm³/mol. The number of nitrogens with one attached hydrogen (secondary N) is 1. The van der Waals surface area contributed by atoms with Gasteiger partial charge in [0.1, 0.15) is 12.7 Å². The number of nitrogens with two attached hydrogens (primary N) is 1. The second-order valence-corrected chi connectivity index (χ2v) is 7.13. The van der Waals surface area contributed by atoms with E-state index in [1.165, 1.54) is 11.3 Å². The number of aliphatic hydroxyl groups is 2. The van der Waals surface area contributed by atoms with Crippen LogP contribution in [0.25, 0.3) is 10.2 Å². The van der Waals surface area contributed by atoms with Crippen molar-refractivity contribution in [3.8, 4) is 0 Å². The van der Waals surface area contributed by atoms with Crippen molar-refractivity contribution in [2.45, 2.75) is 25.2 Å². The maximum Gasteiger partial charge on any atom is 0.407 e. The summed E-state index contributed by atoms with van der Waals surface area (Å²) in [5.74, 6) is 0. The summed E-state index contributed by atoms with van der Waals surface area (Å²) < 4.78 is 5.94. The van der Waals surface area contributed by atoms with Crippen LogP contribution in [0.4, 0.5) is 9.93 Å². The van der Waals surface area contributed by atoms with Crippen LogP contribution in [0.2, 0.25) is 0 Å². The number of ether oxygens (including phenoxy) is 1. The van der Waals surface area contributed by atoms with Crippen molar-refractivity contribution < 1.29 is 19.7 Å². The molecule has 1 heterocycles. The summed E-state index contributed by atoms with van der Waals surface area (Å²) in [6, 6.07) is 14.6. The number of alkyl carbamates (subject to hydrolysis) is 1. The summed E-state index contributed by atoms with van der Waals surface area (Å²) in [5.41, 5.74) is 7.90. The minimum Gasteiger partial charge on any atom is -0.445 e. The molecule has 7 nitrogen and oxygen atoms in total. The summed E-state index contributed by atoms with van der Waals surface area (Å²) >= 11 is 1.32. The van der Waals surface area contributed by atoms with Gasteiger partial charge in [0.15, 0.2) is 5.13 Å². The molecule has 1 aromatic heterocycles. The fourth-order valence-electron chi connectivity index (χ4n) is 2.62. The number of hydrogen-bond acceptors (Lipinski definition) is 7. The third-order valence-electron chi connectivity index (χ3n) is 4.06. The highest BCUT2D eigenvalue weighted by Crippen LogP contribution is 2.28. The van der Waals surface area contributed by atoms with Crippen LogP contribution in [0.5, 0.6) is 0 Å². The van der Waals surface area contributed by atoms with Crippen LogP contribution >= 0.6 is 11.3 Å². The van der Waals surface area contributed by atoms with Gasteiger partial charge in [0.05, 0.1) is 16.3 Å². The zero-order chi connectivity index (χ0) is 19.2. The van der Waals surface area contributed by atoms with Gasteiger partial charge in [-0.25, -0.2) is 9.78 Å². The molecule has 3 rings (SSSR count). The van der Waals surface area contributed by atoms with E-state index in [0.717, 1.165) is 15.8 Å². The van der Waals surface area contributed by atoms with E-state index in [0.29, 0.717) is 10.7 Å². The van der Waals surface area contributed by atoms with Crippen molar-refractivity contribution in [1.29, 1.82) is 0 Å². The molecule has 8 heteroatoms. The number of fused-ring (bicyclic) bond motifs is 1. The molecule has 0 saturated heterocycles. The fraction of sp³-hybridized carbons (Fsp3) is 0.263. The smallest absolute Gasteiger partial charge is 0.407 e. The Hall–Kier alpha value is -2.68. The molecule has 0 saturated carbocycles. The monoisotopic (exact) mass is 387 g/mol. The van der Waals surface area contributed by atoms with Crippen LogP contribution in [0.3, 0.4) is 0 Å². The van der Waals surface area contributed by atoms with E-state index in [-0.39, 0.29) is 19.6 Å². The number of anilines is 1. The summed E-state index contributed by atoms with van der Waals surface area (Å²) in [5, 5.41) is 23.5. The second kappa shape index (κ2) is 8.81. The first-order valence-electron chi connectivity index (χ1n) is 8.49. The van der Waals surface area contributed by atoms with Gasteiger partial charge in [-0.3, -0.25) is 0 Å². The van der Waals surface area contributed by atoms with E-state index in [2.05, 4.69) is 10.3 Å². The van der Waals surface area contributed by atoms with E-state index >= 15 is 0 Å². The summed E-state index contributed by atoms with van der Waals surface area (Å²) in [7, 11) is 0. The van der Waals surface area contributed by atoms with Crippen LogP contribution < -0.4 is 11.1 Å². The highest BCUT2D eigenvalue weighted by molar-refractivity contribution is 7.22. The number of nitrogen functional groups attached to an aromatic ring is 1. The van der Waals surface area contributed by atoms with Crippen molar-refractivity contribution in [1.82, 2.24) is 10.3 Å². The number of carbonyl (C=O) groups is 1. The van der Waals surface area contributed by atoms with Crippen LogP contribution in [0, 0.1) is 0 Å². The molecule has 3 aromatic rings. The van der Waals surface area contributed by atoms with Gasteiger partial charge < -0.3 is 26.0 Å². The van der Waals surface area contributed by atoms with Gasteiger partial charge in [0, 0.05) is 6.54 Å². The first kappa shape index (κ1) is 19.1. The molecule has 0 radical (unpaired) electrons. The normalized spacial score (nSPS) is 13.3. The van der Waals surface area contributed by atoms with E-state index in [1.807, 2.05) is 30.3 Å². The standard InChI is InChI=1S/C19H21N3O4S/c20-18-22-14-7-6-13(10-16(14)27-18)17(24)15(23)8-9-21-19(25)26-11-12-4-2-1-3-5-12/h1-7,10,15,17,23-24H,8-9,11H2,(H2,20,22)(H,21,25). The topological polar surface area (TPSA) is 118 Å². The molecule has 5 N–H and O–H groups in total. The number of rotatable bonds is 7. The Labute approximate surface area is 160 Å². The van der Waals surface area contributed by atoms with Crippen LogP contribution in [0.1, 0.15) is 23.7 Å². The zero-order valence-electron chi connectivity index (χ0n) is 14.5. The van der Waals surface area contributed by atoms with Crippen molar-refractivity contribution >= 4 is 32.8 Å². The van der Waals surface area contributed by atoms with E-state index < -0.39 is 18.3 Å². The lowest BCUT2D eigenvalue weighted by Crippen LogP contribution is -2.29. The number of nitrogens with zero attached hydrogens (tertiary/aromatic N) is 1. The molecule has 27 heavy (non-hydrogen) atoms. The van der Waals surface area contributed by atoms with Gasteiger partial charge in [0.25, 0.3) is 0 Å². The molecule has 0 bridgehead atoms. The number of amides is 1. The summed E-state index contributed by atoms with van der Waals surface area (Å²) in [6.45, 7) is 0.359. The lowest BCUT2D eigenvalue weighted by atomic mass is 10.0. The van der Waals surface area contributed by atoms with Crippen molar-refractivity contribution in [2.75, 3.05) is 12.3 Å². The Balaban J connectivity index is 1.45. The van der Waals surface area contributed by atoms with Crippen molar-refractivity contribution in [3.63, 3.8) is 0 Å². The summed E-state index contributed by atoms with van der Waals surface area (Å²) in [6.07, 6.45) is -2.48. The molecule has 2 unspecified atom stereocenters. The molecule has 142 valence electrons. The van der Waals surface area contributed by atoms with E-state index in [1.54, 1.807) is 18.2 Å². The molecule has 2 aromatic carbocycles. The first-order chi connectivity index (χ1) is 13.0. The zero-order valence-corrected chi connectivity index (χ0v) is 15.4. The molecule has 0 aliphatic carbocycles. The maximum atomic E-state index is 11.7. The Morgan fingerprint density at radius 3 is 2.78 bits per heavy atom. The Bertz CT molecular complexity index is 900. The highest BCUT2D eigenvalue weighted by Gasteiger charge is 2.19. The Morgan fingerprint density at radius 1 is 1.22 bits per heavy atom. The van der Waals surface area contributed by atoms with Crippen molar-refractivity contribution in [2.24, 2.45) is 0 Å². The average Bonchev–Trinajstić information content (AvgIpc) is 3.05. The average molecular weight is 387 g/mol. The largest absolute Gasteiger partial charge is 0.445 e. The highest BCUT2D eigenvalue weighted by atomic mass is 32.1. The molecule has 0 aliphatic heterocycles. The maximum absolute atomic E-state index is 11.7. The van der Waals surface area contributed by atoms with E-state index in [9.17, 15) is 15.0 Å². The first-order valence-corrected chi connectivity index (χ1v) is 9.31. The summed E-state index contributed by atoms with van der Waals surface area (Å²) in [4.78, 5) is 15.8. The molecule has 0 aliphatic rings. The van der Waals surface area contributed by atoms with Gasteiger partial charge in [-0.15, -0.1) is 0 Å². The van der Waals surface area contributed by atoms with Crippen LogP contribution in [0.15, 0.2) is 48.5 Å². The number of benzene rings is 2. The predicted octanol–water partition coefficient (Wildman–Crippen LogP) is 2.59. The minimum atomic E-state index is -1.07. The van der Waals surface area contributed by atoms with Crippen LogP contribution in [-0.4, -0.2) is 33.9 Å². The van der Waals surface area contributed by atoms with Gasteiger partial charge in [-0.05, 0) is 29.7 Å². The van der Waals surface area contributed by atoms with E-state index in [4.69, 9.17) is 10.5 Å². The molecular weight excluding hydrogens is 366 g/mol. The molecule has 2 atom stereocenters. The Kier molecular flexibility index (Phi) is 6.23. The fourth-order valence-corrected chi connectivity index (χ4v) is 3.40. The van der Waals surface area contributed by atoms with Crippen LogP contribution in [-0.2, 0) is 11.3 Å². The SMILES string of the molecule is Nc1nc2ccc(C(O)C(O)CCNC(=O)OCc3ccccc3)cc2s1. The van der Waals surface area contributed by atoms with Crippen molar-refractivity contribution in [3.05, 3.63) is 59.7 Å². The molecule has 1 amide bonds. The molecule has 0 fully saturated rings. The van der Waals surface area contributed by atoms with Gasteiger partial charge in [-0.2, -0.15) is 0 Å². The lowest BCUT2D eigenvalue weighted by molar-refractivity contribution is 0.0137. The third-order valence-corrected chi connectivity index (χ3v) is 4.90. The molecular formula is C19H21N3O4S. The minimum absolute atomic E-state index is 0.176. The van der Waals surface area contributed by atoms with Gasteiger partial charge >= 0.3 is 6.09 Å². The Morgan fingerprint density at radius 2 is 2.00 bits per heavy atom. The van der Waals surface area contributed by atoms with Gasteiger partial charge in [0.2, 0.25) is 0 Å². The lowest BCUT2D eigenvalue weighted by Gasteiger charge is -2.18. The number of hydrogen-bond donors (Lipinski definition) is 4. The quantitative estimate of drug-likeness (QED) is 0.495. The number of thiazole rings is 1. The number of aromatic nitrogens is 1. The van der Waals surface area contributed by atoms with Gasteiger partial charge in [-0.1, -0.05) is 47.7 Å². The second-order valence-electron chi connectivity index (χ2n) is 6.07. The number of aliphatic hydroxyl groups excluding tert-OH is 2. The molecule has 0 spiro atoms. The third kappa shape index (κ3) is 5.16. The number of carbonyl (C=O) groups excluding carboxylic acids is 1.